The summed E-state index contributed by atoms with van der Waals surface area (Å²) in [5.41, 5.74) is 1.24. The number of nitrogens with zero attached hydrogens (tertiary/aromatic N) is 1. The highest BCUT2D eigenvalue weighted by Gasteiger charge is 2.46. The Morgan fingerprint density at radius 2 is 2.23 bits per heavy atom. The van der Waals surface area contributed by atoms with E-state index in [1.165, 1.54) is 6.92 Å². The molecule has 1 aromatic rings. The molecule has 1 fully saturated rings. The summed E-state index contributed by atoms with van der Waals surface area (Å²) in [4.78, 5) is 16.8. The number of carbonyl (C=O) groups is 1. The number of unbranched alkanes of at least 4 members (excludes halogenated alkanes) is 1. The molecular weight excluding hydrogens is 358 g/mol. The van der Waals surface area contributed by atoms with Crippen molar-refractivity contribution in [2.24, 2.45) is 11.1 Å². The second-order valence-corrected chi connectivity index (χ2v) is 7.20. The average molecular weight is 382 g/mol. The van der Waals surface area contributed by atoms with E-state index in [0.717, 1.165) is 25.7 Å². The molecule has 1 heterocycles. The number of rotatable bonds is 9. The van der Waals surface area contributed by atoms with Gasteiger partial charge in [0.1, 0.15) is 17.6 Å². The van der Waals surface area contributed by atoms with Gasteiger partial charge >= 0.3 is 5.97 Å². The van der Waals surface area contributed by atoms with Gasteiger partial charge in [-0.05, 0) is 44.4 Å². The number of aliphatic carboxylic acids is 1. The molecule has 1 N–H and O–H groups in total. The normalized spacial score (nSPS) is 23.3. The van der Waals surface area contributed by atoms with Crippen LogP contribution in [0.3, 0.4) is 0 Å². The largest absolute Gasteiger partial charge is 0.479 e. The minimum absolute atomic E-state index is 0.106. The summed E-state index contributed by atoms with van der Waals surface area (Å²) in [6.45, 7) is 4.21. The molecule has 0 bridgehead atoms. The molecule has 1 aliphatic heterocycles. The Bertz CT molecular complexity index is 689. The molecule has 7 heteroatoms. The number of hydrogen-bond donors (Lipinski definition) is 1. The molecule has 2 unspecified atom stereocenters. The third-order valence-corrected chi connectivity index (χ3v) is 4.83. The van der Waals surface area contributed by atoms with Crippen molar-refractivity contribution in [2.45, 2.75) is 57.8 Å². The van der Waals surface area contributed by atoms with Crippen molar-refractivity contribution < 1.29 is 24.2 Å². The van der Waals surface area contributed by atoms with Gasteiger partial charge in [0, 0.05) is 23.1 Å². The molecule has 3 atom stereocenters. The standard InChI is InChI=1S/C19H24ClNO5/c1-3-4-9-24-18-16(21-26-17(18)12-5-6-12)14-10-13(20)7-8-15(14)25-11(2)19(22)23/h7-8,10-12,17-18H,3-6,9H2,1-2H3,(H,22,23)/t11-,17?,18?/m0/s1. The SMILES string of the molecule is CCCCOC1C(c2cc(Cl)ccc2O[C@@H](C)C(=O)O)=NOC1C1CC1. The summed E-state index contributed by atoms with van der Waals surface area (Å²) in [7, 11) is 0. The summed E-state index contributed by atoms with van der Waals surface area (Å²) in [6, 6.07) is 5.04. The van der Waals surface area contributed by atoms with Crippen LogP contribution in [-0.4, -0.2) is 41.7 Å². The Labute approximate surface area is 158 Å². The summed E-state index contributed by atoms with van der Waals surface area (Å²) >= 11 is 6.17. The highest BCUT2D eigenvalue weighted by molar-refractivity contribution is 6.31. The molecule has 0 aromatic heterocycles. The Morgan fingerprint density at radius 1 is 1.46 bits per heavy atom. The third kappa shape index (κ3) is 4.30. The highest BCUT2D eigenvalue weighted by Crippen LogP contribution is 2.41. The molecule has 0 radical (unpaired) electrons. The van der Waals surface area contributed by atoms with Gasteiger partial charge in [0.2, 0.25) is 0 Å². The van der Waals surface area contributed by atoms with Crippen LogP contribution in [0, 0.1) is 5.92 Å². The van der Waals surface area contributed by atoms with Gasteiger partial charge in [-0.1, -0.05) is 30.1 Å². The lowest BCUT2D eigenvalue weighted by molar-refractivity contribution is -0.144. The topological polar surface area (TPSA) is 77.4 Å². The van der Waals surface area contributed by atoms with E-state index in [9.17, 15) is 4.79 Å². The van der Waals surface area contributed by atoms with Gasteiger partial charge in [-0.25, -0.2) is 4.79 Å². The number of oxime groups is 1. The Morgan fingerprint density at radius 3 is 2.88 bits per heavy atom. The quantitative estimate of drug-likeness (QED) is 0.656. The van der Waals surface area contributed by atoms with Crippen LogP contribution in [0.4, 0.5) is 0 Å². The van der Waals surface area contributed by atoms with E-state index in [0.29, 0.717) is 34.6 Å². The van der Waals surface area contributed by atoms with E-state index < -0.39 is 12.1 Å². The predicted molar refractivity (Wildman–Crippen MR) is 98.0 cm³/mol. The zero-order valence-electron chi connectivity index (χ0n) is 15.0. The van der Waals surface area contributed by atoms with Crippen LogP contribution in [0.15, 0.2) is 23.4 Å². The fourth-order valence-electron chi connectivity index (χ4n) is 2.92. The van der Waals surface area contributed by atoms with Crippen LogP contribution >= 0.6 is 11.6 Å². The smallest absolute Gasteiger partial charge is 0.344 e. The number of carboxylic acid groups (broad SMARTS) is 1. The molecule has 1 aliphatic carbocycles. The van der Waals surface area contributed by atoms with E-state index in [4.69, 9.17) is 31.0 Å². The van der Waals surface area contributed by atoms with Crippen molar-refractivity contribution in [3.63, 3.8) is 0 Å². The van der Waals surface area contributed by atoms with E-state index in [1.807, 2.05) is 0 Å². The molecule has 3 rings (SSSR count). The zero-order chi connectivity index (χ0) is 18.7. The zero-order valence-corrected chi connectivity index (χ0v) is 15.7. The molecule has 6 nitrogen and oxygen atoms in total. The van der Waals surface area contributed by atoms with Gasteiger partial charge in [0.15, 0.2) is 12.2 Å². The first-order valence-corrected chi connectivity index (χ1v) is 9.43. The molecule has 0 amide bonds. The first-order valence-electron chi connectivity index (χ1n) is 9.06. The van der Waals surface area contributed by atoms with E-state index >= 15 is 0 Å². The van der Waals surface area contributed by atoms with Gasteiger partial charge in [-0.2, -0.15) is 0 Å². The van der Waals surface area contributed by atoms with Crippen molar-refractivity contribution in [1.29, 1.82) is 0 Å². The third-order valence-electron chi connectivity index (χ3n) is 4.59. The monoisotopic (exact) mass is 381 g/mol. The summed E-state index contributed by atoms with van der Waals surface area (Å²) in [5.74, 6) is -0.182. The van der Waals surface area contributed by atoms with Crippen LogP contribution in [0.25, 0.3) is 0 Å². The molecular formula is C19H24ClNO5. The molecule has 1 aromatic carbocycles. The number of ether oxygens (including phenoxy) is 2. The van der Waals surface area contributed by atoms with Crippen LogP contribution in [0.2, 0.25) is 5.02 Å². The lowest BCUT2D eigenvalue weighted by atomic mass is 9.98. The second-order valence-electron chi connectivity index (χ2n) is 6.77. The van der Waals surface area contributed by atoms with Gasteiger partial charge in [0.05, 0.1) is 0 Å². The van der Waals surface area contributed by atoms with Crippen LogP contribution in [-0.2, 0) is 14.4 Å². The first-order chi connectivity index (χ1) is 12.5. The number of halogens is 1. The van der Waals surface area contributed by atoms with Crippen LogP contribution < -0.4 is 4.74 Å². The summed E-state index contributed by atoms with van der Waals surface area (Å²) < 4.78 is 11.7. The van der Waals surface area contributed by atoms with Crippen molar-refractivity contribution in [1.82, 2.24) is 0 Å². The van der Waals surface area contributed by atoms with Crippen molar-refractivity contribution in [3.05, 3.63) is 28.8 Å². The van der Waals surface area contributed by atoms with Crippen LogP contribution in [0.1, 0.15) is 45.1 Å². The van der Waals surface area contributed by atoms with E-state index in [2.05, 4.69) is 12.1 Å². The van der Waals surface area contributed by atoms with Gasteiger partial charge in [-0.3, -0.25) is 0 Å². The molecule has 0 saturated heterocycles. The predicted octanol–water partition coefficient (Wildman–Crippen LogP) is 3.89. The Balaban J connectivity index is 1.87. The lowest BCUT2D eigenvalue weighted by Gasteiger charge is -2.21. The van der Waals surface area contributed by atoms with Crippen molar-refractivity contribution in [3.8, 4) is 5.75 Å². The highest BCUT2D eigenvalue weighted by atomic mass is 35.5. The van der Waals surface area contributed by atoms with E-state index in [-0.39, 0.29) is 12.2 Å². The van der Waals surface area contributed by atoms with Gasteiger partial charge < -0.3 is 19.4 Å². The van der Waals surface area contributed by atoms with Crippen LogP contribution in [0.5, 0.6) is 5.75 Å². The summed E-state index contributed by atoms with van der Waals surface area (Å²) in [5, 5.41) is 13.9. The minimum Gasteiger partial charge on any atom is -0.479 e. The summed E-state index contributed by atoms with van der Waals surface area (Å²) in [6.07, 6.45) is 2.81. The maximum Gasteiger partial charge on any atom is 0.344 e. The van der Waals surface area contributed by atoms with Crippen molar-refractivity contribution in [2.75, 3.05) is 6.61 Å². The Hall–Kier alpha value is -1.79. The number of hydrogen-bond acceptors (Lipinski definition) is 5. The molecule has 142 valence electrons. The molecule has 1 saturated carbocycles. The number of carboxylic acids is 1. The second kappa shape index (κ2) is 8.27. The van der Waals surface area contributed by atoms with Gasteiger partial charge in [-0.15, -0.1) is 0 Å². The minimum atomic E-state index is -1.04. The fourth-order valence-corrected chi connectivity index (χ4v) is 3.09. The molecule has 0 spiro atoms. The maximum absolute atomic E-state index is 11.2. The first kappa shape index (κ1) is 19.0. The van der Waals surface area contributed by atoms with E-state index in [1.54, 1.807) is 18.2 Å². The molecule has 26 heavy (non-hydrogen) atoms. The van der Waals surface area contributed by atoms with Gasteiger partial charge in [0.25, 0.3) is 0 Å². The number of benzene rings is 1. The Kier molecular flexibility index (Phi) is 6.04. The fraction of sp³-hybridized carbons (Fsp3) is 0.579. The lowest BCUT2D eigenvalue weighted by Crippen LogP contribution is -2.35. The maximum atomic E-state index is 11.2. The average Bonchev–Trinajstić information content (AvgIpc) is 3.37. The molecule has 2 aliphatic rings. The van der Waals surface area contributed by atoms with Crippen molar-refractivity contribution >= 4 is 23.3 Å².